The van der Waals surface area contributed by atoms with Gasteiger partial charge in [-0.3, -0.25) is 4.79 Å². The topological polar surface area (TPSA) is 66.0 Å². The summed E-state index contributed by atoms with van der Waals surface area (Å²) >= 11 is 3.33. The number of aromatic nitrogens is 1. The Morgan fingerprint density at radius 2 is 1.91 bits per heavy atom. The molecule has 0 radical (unpaired) electrons. The molecule has 1 amide bonds. The summed E-state index contributed by atoms with van der Waals surface area (Å²) in [5, 5.41) is 7.51. The van der Waals surface area contributed by atoms with Gasteiger partial charge in [0.05, 0.1) is 16.3 Å². The van der Waals surface area contributed by atoms with E-state index in [0.29, 0.717) is 0 Å². The Kier molecular flexibility index (Phi) is 7.79. The quantitative estimate of drug-likeness (QED) is 0.253. The number of nitrogens with one attached hydrogen (secondary N) is 3. The third kappa shape index (κ3) is 6.30. The summed E-state index contributed by atoms with van der Waals surface area (Å²) in [5.74, 6) is 0.205. The van der Waals surface area contributed by atoms with E-state index < -0.39 is 0 Å². The van der Waals surface area contributed by atoms with Gasteiger partial charge in [-0.1, -0.05) is 48.0 Å². The number of hydrogen-bond acceptors (Lipinski definition) is 6. The molecule has 7 heteroatoms. The number of benzene rings is 3. The van der Waals surface area contributed by atoms with E-state index in [0.717, 1.165) is 53.5 Å². The standard InChI is InChI=1S/C28H30N4OS2/c1-19-6-4-7-20(16-19)17-25(28-31-24-10-2-3-11-26(24)34-28)32-35-23-9-5-8-22(18-23)30-27(33)21-12-14-29-15-13-21/h2-11,16,18,21,25,29,32H,12-15,17H2,1H3,(H,30,33). The van der Waals surface area contributed by atoms with Gasteiger partial charge in [0.25, 0.3) is 0 Å². The van der Waals surface area contributed by atoms with E-state index in [2.05, 4.69) is 70.8 Å². The highest BCUT2D eigenvalue weighted by molar-refractivity contribution is 7.97. The number of fused-ring (bicyclic) bond motifs is 1. The number of aryl methyl sites for hydroxylation is 1. The second kappa shape index (κ2) is 11.4. The third-order valence-corrected chi connectivity index (χ3v) is 8.30. The average Bonchev–Trinajstić information content (AvgIpc) is 3.32. The Hall–Kier alpha value is -2.71. The molecule has 5 nitrogen and oxygen atoms in total. The number of piperidine rings is 1. The molecule has 1 unspecified atom stereocenters. The number of hydrogen-bond donors (Lipinski definition) is 3. The van der Waals surface area contributed by atoms with Gasteiger partial charge >= 0.3 is 0 Å². The molecule has 180 valence electrons. The molecule has 1 aliphatic heterocycles. The second-order valence-electron chi connectivity index (χ2n) is 9.03. The number of rotatable bonds is 8. The Balaban J connectivity index is 1.31. The Bertz CT molecular complexity index is 1270. The number of nitrogens with zero attached hydrogens (tertiary/aromatic N) is 1. The Labute approximate surface area is 214 Å². The predicted octanol–water partition coefficient (Wildman–Crippen LogP) is 6.12. The van der Waals surface area contributed by atoms with Crippen LogP contribution in [0, 0.1) is 12.8 Å². The fraction of sp³-hybridized carbons (Fsp3) is 0.286. The molecule has 1 atom stereocenters. The lowest BCUT2D eigenvalue weighted by atomic mass is 9.97. The molecule has 1 saturated heterocycles. The molecule has 0 bridgehead atoms. The van der Waals surface area contributed by atoms with Crippen LogP contribution in [0.5, 0.6) is 0 Å². The zero-order valence-corrected chi connectivity index (χ0v) is 21.4. The van der Waals surface area contributed by atoms with Gasteiger partial charge in [-0.15, -0.1) is 11.3 Å². The van der Waals surface area contributed by atoms with Crippen LogP contribution in [0.4, 0.5) is 5.69 Å². The Morgan fingerprint density at radius 1 is 1.09 bits per heavy atom. The second-order valence-corrected chi connectivity index (χ2v) is 11.0. The van der Waals surface area contributed by atoms with Gasteiger partial charge in [0.2, 0.25) is 5.91 Å². The minimum Gasteiger partial charge on any atom is -0.326 e. The van der Waals surface area contributed by atoms with Gasteiger partial charge in [0.1, 0.15) is 5.01 Å². The molecule has 0 spiro atoms. The van der Waals surface area contributed by atoms with Crippen LogP contribution in [0.2, 0.25) is 0 Å². The van der Waals surface area contributed by atoms with Gasteiger partial charge < -0.3 is 10.6 Å². The van der Waals surface area contributed by atoms with E-state index in [-0.39, 0.29) is 17.9 Å². The van der Waals surface area contributed by atoms with Crippen molar-refractivity contribution in [2.45, 2.75) is 37.1 Å². The van der Waals surface area contributed by atoms with Gasteiger partial charge in [-0.05, 0) is 87.1 Å². The van der Waals surface area contributed by atoms with Crippen molar-refractivity contribution in [3.05, 3.63) is 88.9 Å². The van der Waals surface area contributed by atoms with Crippen molar-refractivity contribution >= 4 is 45.1 Å². The summed E-state index contributed by atoms with van der Waals surface area (Å²) in [6.07, 6.45) is 2.63. The van der Waals surface area contributed by atoms with E-state index in [1.807, 2.05) is 24.3 Å². The maximum Gasteiger partial charge on any atom is 0.227 e. The normalized spacial score (nSPS) is 15.2. The van der Waals surface area contributed by atoms with Crippen molar-refractivity contribution in [3.63, 3.8) is 0 Å². The van der Waals surface area contributed by atoms with Crippen LogP contribution in [0.15, 0.2) is 77.7 Å². The molecule has 4 aromatic rings. The molecule has 1 aromatic heterocycles. The number of carbonyl (C=O) groups excluding carboxylic acids is 1. The minimum atomic E-state index is 0.0622. The van der Waals surface area contributed by atoms with Gasteiger partial charge in [0, 0.05) is 16.5 Å². The van der Waals surface area contributed by atoms with Crippen molar-refractivity contribution in [3.8, 4) is 0 Å². The van der Waals surface area contributed by atoms with Crippen molar-refractivity contribution in [2.75, 3.05) is 18.4 Å². The van der Waals surface area contributed by atoms with Crippen molar-refractivity contribution in [1.82, 2.24) is 15.0 Å². The predicted molar refractivity (Wildman–Crippen MR) is 147 cm³/mol. The number of amides is 1. The molecular weight excluding hydrogens is 472 g/mol. The molecule has 3 N–H and O–H groups in total. The van der Waals surface area contributed by atoms with Gasteiger partial charge in [-0.25, -0.2) is 9.71 Å². The first-order chi connectivity index (χ1) is 17.1. The van der Waals surface area contributed by atoms with Gasteiger partial charge in [0.15, 0.2) is 0 Å². The summed E-state index contributed by atoms with van der Waals surface area (Å²) < 4.78 is 4.87. The molecule has 1 fully saturated rings. The van der Waals surface area contributed by atoms with Crippen molar-refractivity contribution in [1.29, 1.82) is 0 Å². The lowest BCUT2D eigenvalue weighted by Crippen LogP contribution is -2.34. The molecule has 1 aliphatic rings. The minimum absolute atomic E-state index is 0.0622. The number of para-hydroxylation sites is 1. The zero-order valence-electron chi connectivity index (χ0n) is 19.8. The molecule has 35 heavy (non-hydrogen) atoms. The fourth-order valence-electron chi connectivity index (χ4n) is 4.40. The van der Waals surface area contributed by atoms with Crippen molar-refractivity contribution in [2.24, 2.45) is 5.92 Å². The highest BCUT2D eigenvalue weighted by Crippen LogP contribution is 2.31. The van der Waals surface area contributed by atoms with Crippen LogP contribution in [0.25, 0.3) is 10.2 Å². The monoisotopic (exact) mass is 502 g/mol. The highest BCUT2D eigenvalue weighted by Gasteiger charge is 2.21. The third-order valence-electron chi connectivity index (χ3n) is 6.26. The highest BCUT2D eigenvalue weighted by atomic mass is 32.2. The number of anilines is 1. The van der Waals surface area contributed by atoms with E-state index in [9.17, 15) is 4.79 Å². The van der Waals surface area contributed by atoms with Crippen LogP contribution in [0.1, 0.15) is 35.0 Å². The first-order valence-corrected chi connectivity index (χ1v) is 13.7. The summed E-state index contributed by atoms with van der Waals surface area (Å²) in [7, 11) is 0. The lowest BCUT2D eigenvalue weighted by Gasteiger charge is -2.22. The lowest BCUT2D eigenvalue weighted by molar-refractivity contribution is -0.120. The van der Waals surface area contributed by atoms with Gasteiger partial charge in [-0.2, -0.15) is 0 Å². The SMILES string of the molecule is Cc1cccc(CC(NSc2cccc(NC(=O)C3CCNCC3)c2)c2nc3ccccc3s2)c1. The first kappa shape index (κ1) is 24.0. The van der Waals surface area contributed by atoms with Crippen LogP contribution in [-0.2, 0) is 11.2 Å². The average molecular weight is 503 g/mol. The molecule has 3 aromatic carbocycles. The largest absolute Gasteiger partial charge is 0.326 e. The fourth-order valence-corrected chi connectivity index (χ4v) is 6.30. The van der Waals surface area contributed by atoms with Crippen LogP contribution < -0.4 is 15.4 Å². The van der Waals surface area contributed by atoms with Crippen molar-refractivity contribution < 1.29 is 4.79 Å². The van der Waals surface area contributed by atoms with E-state index in [4.69, 9.17) is 4.98 Å². The first-order valence-electron chi connectivity index (χ1n) is 12.1. The molecule has 2 heterocycles. The van der Waals surface area contributed by atoms with Crippen LogP contribution in [-0.4, -0.2) is 24.0 Å². The molecule has 0 aliphatic carbocycles. The van der Waals surface area contributed by atoms with E-state index in [1.54, 1.807) is 23.3 Å². The summed E-state index contributed by atoms with van der Waals surface area (Å²) in [6.45, 7) is 3.94. The zero-order chi connectivity index (χ0) is 24.0. The smallest absolute Gasteiger partial charge is 0.227 e. The van der Waals surface area contributed by atoms with E-state index >= 15 is 0 Å². The summed E-state index contributed by atoms with van der Waals surface area (Å²) in [6, 6.07) is 25.1. The molecule has 5 rings (SSSR count). The Morgan fingerprint density at radius 3 is 2.74 bits per heavy atom. The van der Waals surface area contributed by atoms with E-state index in [1.165, 1.54) is 15.8 Å². The maximum atomic E-state index is 12.7. The molecular formula is C28H30N4OS2. The van der Waals surface area contributed by atoms with Crippen LogP contribution >= 0.6 is 23.3 Å². The molecule has 0 saturated carbocycles. The van der Waals surface area contributed by atoms with Crippen LogP contribution in [0.3, 0.4) is 0 Å². The summed E-state index contributed by atoms with van der Waals surface area (Å²) in [5.41, 5.74) is 4.42. The number of thiazole rings is 1. The summed E-state index contributed by atoms with van der Waals surface area (Å²) in [4.78, 5) is 18.7. The maximum absolute atomic E-state index is 12.7. The number of carbonyl (C=O) groups is 1.